The van der Waals surface area contributed by atoms with Crippen LogP contribution >= 0.6 is 0 Å². The second-order valence-electron chi connectivity index (χ2n) is 5.15. The Labute approximate surface area is 109 Å². The Morgan fingerprint density at radius 3 is 2.50 bits per heavy atom. The lowest BCUT2D eigenvalue weighted by atomic mass is 9.96. The van der Waals surface area contributed by atoms with E-state index in [1.54, 1.807) is 6.92 Å². The number of hydrogen-bond donors (Lipinski definition) is 0. The van der Waals surface area contributed by atoms with Crippen molar-refractivity contribution in [3.05, 3.63) is 0 Å². The molecule has 106 valence electrons. The third-order valence-electron chi connectivity index (χ3n) is 3.57. The number of sulfone groups is 1. The first-order chi connectivity index (χ1) is 8.24. The molecule has 1 unspecified atom stereocenters. The van der Waals surface area contributed by atoms with Crippen LogP contribution in [0.15, 0.2) is 0 Å². The number of ether oxygens (including phenoxy) is 1. The number of carbonyl (C=O) groups is 1. The van der Waals surface area contributed by atoms with Crippen molar-refractivity contribution in [1.82, 2.24) is 4.90 Å². The normalized spacial score (nSPS) is 26.3. The fraction of sp³-hybridized carbons (Fsp3) is 0.917. The maximum Gasteiger partial charge on any atom is 0.328 e. The zero-order valence-electron chi connectivity index (χ0n) is 11.6. The average Bonchev–Trinajstić information content (AvgIpc) is 2.27. The number of hydrogen-bond acceptors (Lipinski definition) is 5. The van der Waals surface area contributed by atoms with E-state index in [0.29, 0.717) is 12.8 Å². The molecule has 1 fully saturated rings. The van der Waals surface area contributed by atoms with Crippen LogP contribution in [0.2, 0.25) is 0 Å². The largest absolute Gasteiger partial charge is 0.465 e. The van der Waals surface area contributed by atoms with Crippen LogP contribution < -0.4 is 0 Å². The molecule has 0 aromatic heterocycles. The summed E-state index contributed by atoms with van der Waals surface area (Å²) in [5.74, 6) is -0.599. The van der Waals surface area contributed by atoms with Gasteiger partial charge in [0.25, 0.3) is 0 Å². The van der Waals surface area contributed by atoms with Gasteiger partial charge in [0.05, 0.1) is 6.61 Å². The molecule has 0 spiro atoms. The number of likely N-dealkylation sites (tertiary alicyclic amines) is 1. The fourth-order valence-electron chi connectivity index (χ4n) is 2.38. The summed E-state index contributed by atoms with van der Waals surface area (Å²) in [5.41, 5.74) is 0. The van der Waals surface area contributed by atoms with Crippen LogP contribution in [-0.4, -0.2) is 56.0 Å². The third-order valence-corrected chi connectivity index (χ3v) is 5.49. The van der Waals surface area contributed by atoms with Crippen LogP contribution in [0.4, 0.5) is 0 Å². The van der Waals surface area contributed by atoms with Crippen molar-refractivity contribution in [3.63, 3.8) is 0 Å². The maximum absolute atomic E-state index is 12.1. The van der Waals surface area contributed by atoms with E-state index in [1.807, 2.05) is 18.7 Å². The Balaban J connectivity index is 3.10. The Morgan fingerprint density at radius 2 is 2.06 bits per heavy atom. The highest BCUT2D eigenvalue weighted by Crippen LogP contribution is 2.31. The fourth-order valence-corrected chi connectivity index (χ4v) is 3.66. The summed E-state index contributed by atoms with van der Waals surface area (Å²) >= 11 is 0. The molecular formula is C12H23NO4S. The minimum Gasteiger partial charge on any atom is -0.465 e. The van der Waals surface area contributed by atoms with Gasteiger partial charge in [0, 0.05) is 18.8 Å². The van der Waals surface area contributed by atoms with E-state index in [0.717, 1.165) is 12.8 Å². The predicted octanol–water partition coefficient (Wildman–Crippen LogP) is 0.837. The van der Waals surface area contributed by atoms with Gasteiger partial charge < -0.3 is 4.74 Å². The highest BCUT2D eigenvalue weighted by atomic mass is 32.2. The number of carbonyl (C=O) groups excluding carboxylic acids is 1. The second-order valence-corrected chi connectivity index (χ2v) is 7.48. The molecule has 6 heteroatoms. The van der Waals surface area contributed by atoms with Crippen molar-refractivity contribution in [2.75, 3.05) is 26.0 Å². The average molecular weight is 277 g/mol. The summed E-state index contributed by atoms with van der Waals surface area (Å²) in [6.07, 6.45) is 2.19. The first kappa shape index (κ1) is 15.4. The molecule has 0 saturated carbocycles. The standard InChI is InChI=1S/C12H23NO4S/c1-5-17-11(14)12(18(4,15)16)7-6-8-13(9-12)10(2)3/h10H,5-9H2,1-4H3. The molecule has 18 heavy (non-hydrogen) atoms. The van der Waals surface area contributed by atoms with Crippen LogP contribution in [0.3, 0.4) is 0 Å². The maximum atomic E-state index is 12.1. The highest BCUT2D eigenvalue weighted by molar-refractivity contribution is 7.92. The Hall–Kier alpha value is -0.620. The molecule has 1 atom stereocenters. The third kappa shape index (κ3) is 2.85. The molecule has 0 aliphatic carbocycles. The molecule has 0 aromatic rings. The van der Waals surface area contributed by atoms with Crippen LogP contribution in [0.25, 0.3) is 0 Å². The van der Waals surface area contributed by atoms with Crippen LogP contribution in [0.5, 0.6) is 0 Å². The van der Waals surface area contributed by atoms with E-state index >= 15 is 0 Å². The molecule has 1 heterocycles. The second kappa shape index (κ2) is 5.57. The van der Waals surface area contributed by atoms with E-state index in [4.69, 9.17) is 4.74 Å². The summed E-state index contributed by atoms with van der Waals surface area (Å²) in [6.45, 7) is 6.97. The number of piperidine rings is 1. The molecule has 1 aliphatic heterocycles. The minimum atomic E-state index is -3.49. The van der Waals surface area contributed by atoms with Gasteiger partial charge in [-0.25, -0.2) is 8.42 Å². The first-order valence-electron chi connectivity index (χ1n) is 6.35. The zero-order valence-corrected chi connectivity index (χ0v) is 12.4. The topological polar surface area (TPSA) is 63.7 Å². The van der Waals surface area contributed by atoms with Gasteiger partial charge in [-0.15, -0.1) is 0 Å². The van der Waals surface area contributed by atoms with Crippen molar-refractivity contribution in [2.45, 2.75) is 44.4 Å². The number of esters is 1. The zero-order chi connectivity index (χ0) is 14.0. The van der Waals surface area contributed by atoms with Gasteiger partial charge in [0.15, 0.2) is 14.6 Å². The molecule has 0 radical (unpaired) electrons. The monoisotopic (exact) mass is 277 g/mol. The van der Waals surface area contributed by atoms with Crippen LogP contribution in [-0.2, 0) is 19.4 Å². The molecule has 5 nitrogen and oxygen atoms in total. The summed E-state index contributed by atoms with van der Waals surface area (Å²) < 4.78 is 27.7. The lowest BCUT2D eigenvalue weighted by molar-refractivity contribution is -0.148. The lowest BCUT2D eigenvalue weighted by Gasteiger charge is -2.41. The van der Waals surface area contributed by atoms with E-state index < -0.39 is 20.6 Å². The summed E-state index contributed by atoms with van der Waals surface area (Å²) in [4.78, 5) is 14.1. The van der Waals surface area contributed by atoms with Crippen molar-refractivity contribution < 1.29 is 17.9 Å². The van der Waals surface area contributed by atoms with Gasteiger partial charge in [-0.05, 0) is 40.2 Å². The van der Waals surface area contributed by atoms with Gasteiger partial charge in [-0.2, -0.15) is 0 Å². The van der Waals surface area contributed by atoms with Crippen molar-refractivity contribution in [2.24, 2.45) is 0 Å². The van der Waals surface area contributed by atoms with Gasteiger partial charge in [0.2, 0.25) is 0 Å². The number of nitrogens with zero attached hydrogens (tertiary/aromatic N) is 1. The summed E-state index contributed by atoms with van der Waals surface area (Å²) in [6, 6.07) is 0.223. The quantitative estimate of drug-likeness (QED) is 0.712. The Bertz CT molecular complexity index is 404. The predicted molar refractivity (Wildman–Crippen MR) is 70.2 cm³/mol. The van der Waals surface area contributed by atoms with E-state index in [2.05, 4.69) is 0 Å². The summed E-state index contributed by atoms with van der Waals surface area (Å²) in [5, 5.41) is 0. The number of rotatable bonds is 4. The molecule has 1 saturated heterocycles. The van der Waals surface area contributed by atoms with Gasteiger partial charge >= 0.3 is 5.97 Å². The van der Waals surface area contributed by atoms with Gasteiger partial charge in [-0.1, -0.05) is 0 Å². The van der Waals surface area contributed by atoms with E-state index in [-0.39, 0.29) is 19.2 Å². The van der Waals surface area contributed by atoms with Gasteiger partial charge in [-0.3, -0.25) is 9.69 Å². The highest BCUT2D eigenvalue weighted by Gasteiger charge is 2.52. The van der Waals surface area contributed by atoms with Crippen LogP contribution in [0.1, 0.15) is 33.6 Å². The smallest absolute Gasteiger partial charge is 0.328 e. The van der Waals surface area contributed by atoms with E-state index in [9.17, 15) is 13.2 Å². The Morgan fingerprint density at radius 1 is 1.44 bits per heavy atom. The lowest BCUT2D eigenvalue weighted by Crippen LogP contribution is -2.59. The molecular weight excluding hydrogens is 254 g/mol. The van der Waals surface area contributed by atoms with Crippen molar-refractivity contribution >= 4 is 15.8 Å². The van der Waals surface area contributed by atoms with Crippen molar-refractivity contribution in [3.8, 4) is 0 Å². The Kier molecular flexibility index (Phi) is 4.78. The van der Waals surface area contributed by atoms with E-state index in [1.165, 1.54) is 0 Å². The molecule has 0 amide bonds. The molecule has 1 aliphatic rings. The first-order valence-corrected chi connectivity index (χ1v) is 8.24. The van der Waals surface area contributed by atoms with Gasteiger partial charge in [0.1, 0.15) is 0 Å². The summed E-state index contributed by atoms with van der Waals surface area (Å²) in [7, 11) is -3.49. The van der Waals surface area contributed by atoms with Crippen molar-refractivity contribution in [1.29, 1.82) is 0 Å². The molecule has 0 bridgehead atoms. The SMILES string of the molecule is CCOC(=O)C1(S(C)(=O)=O)CCCN(C(C)C)C1. The molecule has 1 rings (SSSR count). The molecule has 0 aromatic carbocycles. The van der Waals surface area contributed by atoms with Crippen LogP contribution in [0, 0.1) is 0 Å². The molecule has 0 N–H and O–H groups in total. The minimum absolute atomic E-state index is 0.206.